The Morgan fingerprint density at radius 1 is 1.67 bits per heavy atom. The second-order valence-electron chi connectivity index (χ2n) is 3.49. The van der Waals surface area contributed by atoms with E-state index in [1.807, 2.05) is 13.8 Å². The lowest BCUT2D eigenvalue weighted by Gasteiger charge is -2.36. The van der Waals surface area contributed by atoms with Gasteiger partial charge in [0.15, 0.2) is 0 Å². The van der Waals surface area contributed by atoms with Gasteiger partial charge >= 0.3 is 6.09 Å². The van der Waals surface area contributed by atoms with Crippen LogP contribution in [0.3, 0.4) is 0 Å². The highest BCUT2D eigenvalue weighted by atomic mass is 16.4. The van der Waals surface area contributed by atoms with Crippen LogP contribution in [0.1, 0.15) is 13.8 Å². The molecule has 0 aromatic rings. The number of nitrogens with zero attached hydrogens (tertiary/aromatic N) is 1. The van der Waals surface area contributed by atoms with Crippen LogP contribution >= 0.6 is 0 Å². The molecule has 0 aromatic heterocycles. The van der Waals surface area contributed by atoms with E-state index in [4.69, 9.17) is 5.11 Å². The van der Waals surface area contributed by atoms with Crippen LogP contribution in [0.4, 0.5) is 4.79 Å². The van der Waals surface area contributed by atoms with Gasteiger partial charge in [-0.3, -0.25) is 0 Å². The van der Waals surface area contributed by atoms with Crippen molar-refractivity contribution in [1.82, 2.24) is 10.2 Å². The smallest absolute Gasteiger partial charge is 0.407 e. The molecule has 0 aromatic carbocycles. The van der Waals surface area contributed by atoms with E-state index in [2.05, 4.69) is 5.32 Å². The van der Waals surface area contributed by atoms with Gasteiger partial charge in [0.05, 0.1) is 0 Å². The van der Waals surface area contributed by atoms with Crippen molar-refractivity contribution in [3.63, 3.8) is 0 Å². The first kappa shape index (κ1) is 9.32. The van der Waals surface area contributed by atoms with Gasteiger partial charge < -0.3 is 15.3 Å². The van der Waals surface area contributed by atoms with Crippen molar-refractivity contribution in [2.45, 2.75) is 19.9 Å². The van der Waals surface area contributed by atoms with Crippen LogP contribution in [0, 0.1) is 5.92 Å². The van der Waals surface area contributed by atoms with Crippen LogP contribution in [0.25, 0.3) is 0 Å². The molecule has 0 saturated carbocycles. The SMILES string of the molecule is CC(C)[C@H]1CNCCN1C(=O)O. The second kappa shape index (κ2) is 3.76. The molecule has 12 heavy (non-hydrogen) atoms. The van der Waals surface area contributed by atoms with E-state index >= 15 is 0 Å². The topological polar surface area (TPSA) is 52.6 Å². The first-order valence-corrected chi connectivity index (χ1v) is 4.33. The predicted octanol–water partition coefficient (Wildman–Crippen LogP) is 0.594. The summed E-state index contributed by atoms with van der Waals surface area (Å²) in [6.07, 6.45) is -0.796. The number of hydrogen-bond acceptors (Lipinski definition) is 2. The summed E-state index contributed by atoms with van der Waals surface area (Å²) >= 11 is 0. The van der Waals surface area contributed by atoms with Gasteiger partial charge in [-0.2, -0.15) is 0 Å². The molecule has 1 rings (SSSR count). The van der Waals surface area contributed by atoms with Crippen molar-refractivity contribution >= 4 is 6.09 Å². The zero-order valence-electron chi connectivity index (χ0n) is 7.58. The third kappa shape index (κ3) is 1.88. The largest absolute Gasteiger partial charge is 0.465 e. The molecule has 0 spiro atoms. The molecule has 1 amide bonds. The third-order valence-corrected chi connectivity index (χ3v) is 2.30. The number of carboxylic acid groups (broad SMARTS) is 1. The van der Waals surface area contributed by atoms with Gasteiger partial charge in [0.25, 0.3) is 0 Å². The Morgan fingerprint density at radius 3 is 2.75 bits per heavy atom. The molecule has 1 saturated heterocycles. The van der Waals surface area contributed by atoms with Crippen molar-refractivity contribution in [3.8, 4) is 0 Å². The van der Waals surface area contributed by atoms with E-state index in [1.165, 1.54) is 4.90 Å². The standard InChI is InChI=1S/C8H16N2O2/c1-6(2)7-5-9-3-4-10(7)8(11)12/h6-7,9H,3-5H2,1-2H3,(H,11,12)/t7-/m1/s1. The van der Waals surface area contributed by atoms with Gasteiger partial charge in [0, 0.05) is 25.7 Å². The van der Waals surface area contributed by atoms with E-state index in [1.54, 1.807) is 0 Å². The molecule has 1 atom stereocenters. The summed E-state index contributed by atoms with van der Waals surface area (Å²) in [5.41, 5.74) is 0. The molecular weight excluding hydrogens is 156 g/mol. The van der Waals surface area contributed by atoms with Gasteiger partial charge in [-0.05, 0) is 5.92 Å². The zero-order valence-corrected chi connectivity index (χ0v) is 7.58. The Morgan fingerprint density at radius 2 is 2.33 bits per heavy atom. The Bertz CT molecular complexity index is 170. The number of amides is 1. The molecule has 1 fully saturated rings. The summed E-state index contributed by atoms with van der Waals surface area (Å²) in [6, 6.07) is 0.135. The monoisotopic (exact) mass is 172 g/mol. The molecule has 2 N–H and O–H groups in total. The molecule has 70 valence electrons. The summed E-state index contributed by atoms with van der Waals surface area (Å²) in [7, 11) is 0. The molecule has 1 aliphatic heterocycles. The van der Waals surface area contributed by atoms with Crippen molar-refractivity contribution < 1.29 is 9.90 Å². The fourth-order valence-electron chi connectivity index (χ4n) is 1.56. The number of hydrogen-bond donors (Lipinski definition) is 2. The van der Waals surface area contributed by atoms with E-state index in [9.17, 15) is 4.79 Å². The lowest BCUT2D eigenvalue weighted by atomic mass is 10.0. The van der Waals surface area contributed by atoms with Crippen LogP contribution in [0.2, 0.25) is 0 Å². The fourth-order valence-corrected chi connectivity index (χ4v) is 1.56. The minimum Gasteiger partial charge on any atom is -0.465 e. The van der Waals surface area contributed by atoms with Gasteiger partial charge in [0.2, 0.25) is 0 Å². The maximum atomic E-state index is 10.8. The Labute approximate surface area is 72.6 Å². The first-order chi connectivity index (χ1) is 5.63. The second-order valence-corrected chi connectivity index (χ2v) is 3.49. The van der Waals surface area contributed by atoms with E-state index in [0.29, 0.717) is 12.5 Å². The average molecular weight is 172 g/mol. The minimum atomic E-state index is -0.796. The molecule has 4 nitrogen and oxygen atoms in total. The summed E-state index contributed by atoms with van der Waals surface area (Å²) < 4.78 is 0. The maximum absolute atomic E-state index is 10.8. The molecular formula is C8H16N2O2. The Kier molecular flexibility index (Phi) is 2.92. The van der Waals surface area contributed by atoms with Gasteiger partial charge in [-0.1, -0.05) is 13.8 Å². The van der Waals surface area contributed by atoms with Crippen LogP contribution in [0.15, 0.2) is 0 Å². The van der Waals surface area contributed by atoms with Crippen molar-refractivity contribution in [2.75, 3.05) is 19.6 Å². The van der Waals surface area contributed by atoms with E-state index < -0.39 is 6.09 Å². The van der Waals surface area contributed by atoms with Crippen molar-refractivity contribution in [1.29, 1.82) is 0 Å². The van der Waals surface area contributed by atoms with Crippen LogP contribution < -0.4 is 5.32 Å². The van der Waals surface area contributed by atoms with Gasteiger partial charge in [0.1, 0.15) is 0 Å². The quantitative estimate of drug-likeness (QED) is 0.608. The fraction of sp³-hybridized carbons (Fsp3) is 0.875. The molecule has 1 heterocycles. The zero-order chi connectivity index (χ0) is 9.14. The molecule has 0 unspecified atom stereocenters. The first-order valence-electron chi connectivity index (χ1n) is 4.33. The molecule has 1 aliphatic rings. The van der Waals surface area contributed by atoms with Gasteiger partial charge in [-0.15, -0.1) is 0 Å². The lowest BCUT2D eigenvalue weighted by Crippen LogP contribution is -2.55. The molecule has 0 bridgehead atoms. The van der Waals surface area contributed by atoms with Crippen LogP contribution in [-0.2, 0) is 0 Å². The van der Waals surface area contributed by atoms with Gasteiger partial charge in [-0.25, -0.2) is 4.79 Å². The van der Waals surface area contributed by atoms with Crippen molar-refractivity contribution in [2.24, 2.45) is 5.92 Å². The average Bonchev–Trinajstić information content (AvgIpc) is 2.04. The highest BCUT2D eigenvalue weighted by Gasteiger charge is 2.27. The molecule has 0 aliphatic carbocycles. The van der Waals surface area contributed by atoms with Crippen LogP contribution in [0.5, 0.6) is 0 Å². The molecule has 0 radical (unpaired) electrons. The Balaban J connectivity index is 2.60. The number of carbonyl (C=O) groups is 1. The van der Waals surface area contributed by atoms with Crippen LogP contribution in [-0.4, -0.2) is 41.8 Å². The number of rotatable bonds is 1. The highest BCUT2D eigenvalue weighted by Crippen LogP contribution is 2.12. The van der Waals surface area contributed by atoms with E-state index in [0.717, 1.165) is 13.1 Å². The Hall–Kier alpha value is -0.770. The summed E-state index contributed by atoms with van der Waals surface area (Å²) in [4.78, 5) is 12.3. The third-order valence-electron chi connectivity index (χ3n) is 2.30. The summed E-state index contributed by atoms with van der Waals surface area (Å²) in [5.74, 6) is 0.383. The minimum absolute atomic E-state index is 0.135. The highest BCUT2D eigenvalue weighted by molar-refractivity contribution is 5.65. The van der Waals surface area contributed by atoms with E-state index in [-0.39, 0.29) is 6.04 Å². The maximum Gasteiger partial charge on any atom is 0.407 e. The normalized spacial score (nSPS) is 24.6. The molecule has 4 heteroatoms. The lowest BCUT2D eigenvalue weighted by molar-refractivity contribution is 0.0961. The predicted molar refractivity (Wildman–Crippen MR) is 46.2 cm³/mol. The number of piperazine rings is 1. The number of nitrogens with one attached hydrogen (secondary N) is 1. The summed E-state index contributed by atoms with van der Waals surface area (Å²) in [6.45, 7) is 6.26. The summed E-state index contributed by atoms with van der Waals surface area (Å²) in [5, 5.41) is 12.1. The van der Waals surface area contributed by atoms with Crippen molar-refractivity contribution in [3.05, 3.63) is 0 Å².